The first kappa shape index (κ1) is 20.6. The number of hydrogen-bond donors (Lipinski definition) is 1. The molecule has 3 aromatic carbocycles. The molecular weight excluding hydrogens is 390 g/mol. The molecule has 0 spiro atoms. The van der Waals surface area contributed by atoms with Crippen molar-refractivity contribution in [1.29, 1.82) is 0 Å². The van der Waals surface area contributed by atoms with Gasteiger partial charge in [-0.1, -0.05) is 23.7 Å². The van der Waals surface area contributed by atoms with Gasteiger partial charge in [0.1, 0.15) is 23.9 Å². The summed E-state index contributed by atoms with van der Waals surface area (Å²) < 4.78 is 16.5. The molecule has 0 fully saturated rings. The number of amides is 1. The molecule has 3 aromatic rings. The van der Waals surface area contributed by atoms with E-state index < -0.39 is 0 Å². The summed E-state index contributed by atoms with van der Waals surface area (Å²) in [5.41, 5.74) is 2.74. The minimum Gasteiger partial charge on any atom is -0.497 e. The predicted molar refractivity (Wildman–Crippen MR) is 114 cm³/mol. The van der Waals surface area contributed by atoms with Gasteiger partial charge >= 0.3 is 0 Å². The smallest absolute Gasteiger partial charge is 0.255 e. The van der Waals surface area contributed by atoms with E-state index in [1.54, 1.807) is 50.6 Å². The van der Waals surface area contributed by atoms with E-state index in [0.29, 0.717) is 33.5 Å². The number of hydrogen-bond acceptors (Lipinski definition) is 4. The van der Waals surface area contributed by atoms with Gasteiger partial charge in [0.05, 0.1) is 14.2 Å². The van der Waals surface area contributed by atoms with E-state index in [-0.39, 0.29) is 12.5 Å². The average molecular weight is 412 g/mol. The zero-order valence-corrected chi connectivity index (χ0v) is 17.2. The number of carbonyl (C=O) groups excluding carboxylic acids is 1. The second-order valence-corrected chi connectivity index (χ2v) is 6.77. The lowest BCUT2D eigenvalue weighted by atomic mass is 10.1. The Hall–Kier alpha value is -3.18. The van der Waals surface area contributed by atoms with E-state index in [0.717, 1.165) is 11.1 Å². The number of benzene rings is 3. The fourth-order valence-electron chi connectivity index (χ4n) is 2.82. The Bertz CT molecular complexity index is 1020. The van der Waals surface area contributed by atoms with Gasteiger partial charge in [-0.25, -0.2) is 0 Å². The van der Waals surface area contributed by atoms with Crippen molar-refractivity contribution < 1.29 is 19.0 Å². The van der Waals surface area contributed by atoms with Crippen LogP contribution in [0.15, 0.2) is 60.7 Å². The van der Waals surface area contributed by atoms with E-state index in [2.05, 4.69) is 5.32 Å². The summed E-state index contributed by atoms with van der Waals surface area (Å²) >= 11 is 6.14. The normalized spacial score (nSPS) is 10.3. The standard InChI is InChI=1S/C23H22ClNO4/c1-15-20(24)8-5-9-21(15)25-23(26)16-10-11-22(28-3)17(12-16)14-29-19-7-4-6-18(13-19)27-2/h4-13H,14H2,1-3H3,(H,25,26). The Balaban J connectivity index is 1.78. The summed E-state index contributed by atoms with van der Waals surface area (Å²) in [6, 6.07) is 18.0. The Kier molecular flexibility index (Phi) is 6.62. The van der Waals surface area contributed by atoms with Crippen molar-refractivity contribution in [2.75, 3.05) is 19.5 Å². The molecule has 0 radical (unpaired) electrons. The van der Waals surface area contributed by atoms with Crippen LogP contribution in [-0.2, 0) is 6.61 Å². The van der Waals surface area contributed by atoms with Crippen LogP contribution in [-0.4, -0.2) is 20.1 Å². The Morgan fingerprint density at radius 3 is 2.48 bits per heavy atom. The maximum absolute atomic E-state index is 12.7. The first-order chi connectivity index (χ1) is 14.0. The molecule has 1 N–H and O–H groups in total. The van der Waals surface area contributed by atoms with Gasteiger partial charge < -0.3 is 19.5 Å². The number of ether oxygens (including phenoxy) is 3. The number of methoxy groups -OCH3 is 2. The van der Waals surface area contributed by atoms with Gasteiger partial charge in [0.25, 0.3) is 5.91 Å². The van der Waals surface area contributed by atoms with Crippen LogP contribution < -0.4 is 19.5 Å². The van der Waals surface area contributed by atoms with Crippen molar-refractivity contribution in [1.82, 2.24) is 0 Å². The molecule has 0 atom stereocenters. The first-order valence-corrected chi connectivity index (χ1v) is 9.40. The van der Waals surface area contributed by atoms with Crippen LogP contribution in [0.3, 0.4) is 0 Å². The van der Waals surface area contributed by atoms with Gasteiger partial charge in [0, 0.05) is 27.9 Å². The highest BCUT2D eigenvalue weighted by atomic mass is 35.5. The van der Waals surface area contributed by atoms with Gasteiger partial charge in [0.2, 0.25) is 0 Å². The molecule has 5 nitrogen and oxygen atoms in total. The summed E-state index contributed by atoms with van der Waals surface area (Å²) in [6.45, 7) is 2.10. The lowest BCUT2D eigenvalue weighted by Crippen LogP contribution is -2.13. The number of nitrogens with one attached hydrogen (secondary N) is 1. The molecule has 0 aliphatic rings. The molecule has 6 heteroatoms. The number of carbonyl (C=O) groups is 1. The molecule has 0 aliphatic heterocycles. The highest BCUT2D eigenvalue weighted by Crippen LogP contribution is 2.26. The molecule has 29 heavy (non-hydrogen) atoms. The highest BCUT2D eigenvalue weighted by Gasteiger charge is 2.13. The zero-order valence-electron chi connectivity index (χ0n) is 16.5. The third kappa shape index (κ3) is 5.00. The van der Waals surface area contributed by atoms with Crippen molar-refractivity contribution in [3.63, 3.8) is 0 Å². The maximum Gasteiger partial charge on any atom is 0.255 e. The second-order valence-electron chi connectivity index (χ2n) is 6.36. The SMILES string of the molecule is COc1cccc(OCc2cc(C(=O)Nc3cccc(Cl)c3C)ccc2OC)c1. The summed E-state index contributed by atoms with van der Waals surface area (Å²) in [4.78, 5) is 12.7. The van der Waals surface area contributed by atoms with Crippen LogP contribution in [0, 0.1) is 6.92 Å². The fraction of sp³-hybridized carbons (Fsp3) is 0.174. The molecular formula is C23H22ClNO4. The minimum absolute atomic E-state index is 0.236. The largest absolute Gasteiger partial charge is 0.497 e. The van der Waals surface area contributed by atoms with E-state index >= 15 is 0 Å². The quantitative estimate of drug-likeness (QED) is 0.558. The van der Waals surface area contributed by atoms with Crippen molar-refractivity contribution >= 4 is 23.2 Å². The van der Waals surface area contributed by atoms with E-state index in [1.165, 1.54) is 0 Å². The molecule has 0 heterocycles. The second kappa shape index (κ2) is 9.34. The summed E-state index contributed by atoms with van der Waals surface area (Å²) in [7, 11) is 3.19. The Morgan fingerprint density at radius 2 is 1.72 bits per heavy atom. The van der Waals surface area contributed by atoms with Crippen LogP contribution in [0.25, 0.3) is 0 Å². The van der Waals surface area contributed by atoms with E-state index in [4.69, 9.17) is 25.8 Å². The van der Waals surface area contributed by atoms with Crippen LogP contribution >= 0.6 is 11.6 Å². The molecule has 150 valence electrons. The van der Waals surface area contributed by atoms with Gasteiger partial charge in [0.15, 0.2) is 0 Å². The van der Waals surface area contributed by atoms with Crippen LogP contribution in [0.2, 0.25) is 5.02 Å². The molecule has 0 aliphatic carbocycles. The zero-order chi connectivity index (χ0) is 20.8. The number of rotatable bonds is 7. The fourth-order valence-corrected chi connectivity index (χ4v) is 3.00. The van der Waals surface area contributed by atoms with Crippen LogP contribution in [0.4, 0.5) is 5.69 Å². The van der Waals surface area contributed by atoms with Crippen molar-refractivity contribution in [2.24, 2.45) is 0 Å². The van der Waals surface area contributed by atoms with Crippen molar-refractivity contribution in [2.45, 2.75) is 13.5 Å². The first-order valence-electron chi connectivity index (χ1n) is 9.02. The summed E-state index contributed by atoms with van der Waals surface area (Å²) in [6.07, 6.45) is 0. The molecule has 0 saturated carbocycles. The lowest BCUT2D eigenvalue weighted by molar-refractivity contribution is 0.102. The van der Waals surface area contributed by atoms with Gasteiger partial charge in [-0.05, 0) is 55.0 Å². The monoisotopic (exact) mass is 411 g/mol. The van der Waals surface area contributed by atoms with E-state index in [1.807, 2.05) is 31.2 Å². The maximum atomic E-state index is 12.7. The Morgan fingerprint density at radius 1 is 0.966 bits per heavy atom. The molecule has 0 aromatic heterocycles. The lowest BCUT2D eigenvalue weighted by Gasteiger charge is -2.14. The third-order valence-electron chi connectivity index (χ3n) is 4.49. The summed E-state index contributed by atoms with van der Waals surface area (Å²) in [5, 5.41) is 3.50. The van der Waals surface area contributed by atoms with E-state index in [9.17, 15) is 4.79 Å². The minimum atomic E-state index is -0.236. The topological polar surface area (TPSA) is 56.8 Å². The van der Waals surface area contributed by atoms with Crippen LogP contribution in [0.1, 0.15) is 21.5 Å². The van der Waals surface area contributed by atoms with Gasteiger partial charge in [-0.3, -0.25) is 4.79 Å². The Labute approximate surface area is 175 Å². The van der Waals surface area contributed by atoms with Crippen molar-refractivity contribution in [3.8, 4) is 17.2 Å². The molecule has 0 unspecified atom stereocenters. The molecule has 3 rings (SSSR count). The average Bonchev–Trinajstić information content (AvgIpc) is 2.75. The predicted octanol–water partition coefficient (Wildman–Crippen LogP) is 5.50. The number of anilines is 1. The van der Waals surface area contributed by atoms with Gasteiger partial charge in [-0.15, -0.1) is 0 Å². The van der Waals surface area contributed by atoms with Gasteiger partial charge in [-0.2, -0.15) is 0 Å². The van der Waals surface area contributed by atoms with Crippen LogP contribution in [0.5, 0.6) is 17.2 Å². The summed E-state index contributed by atoms with van der Waals surface area (Å²) in [5.74, 6) is 1.78. The van der Waals surface area contributed by atoms with Crippen molar-refractivity contribution in [3.05, 3.63) is 82.4 Å². The number of halogens is 1. The molecule has 0 saturated heterocycles. The molecule has 0 bridgehead atoms. The molecule has 1 amide bonds. The third-order valence-corrected chi connectivity index (χ3v) is 4.90. The highest BCUT2D eigenvalue weighted by molar-refractivity contribution is 6.31.